The molecule has 1 heterocycles. The second-order valence-corrected chi connectivity index (χ2v) is 9.04. The van der Waals surface area contributed by atoms with Crippen LogP contribution in [0.15, 0.2) is 36.7 Å². The second kappa shape index (κ2) is 16.6. The van der Waals surface area contributed by atoms with E-state index in [4.69, 9.17) is 4.74 Å². The van der Waals surface area contributed by atoms with E-state index in [1.54, 1.807) is 0 Å². The van der Waals surface area contributed by atoms with Gasteiger partial charge in [0.15, 0.2) is 5.82 Å². The van der Waals surface area contributed by atoms with Crippen molar-refractivity contribution in [3.63, 3.8) is 0 Å². The van der Waals surface area contributed by atoms with E-state index in [1.165, 1.54) is 50.5 Å². The average Bonchev–Trinajstić information content (AvgIpc) is 2.83. The van der Waals surface area contributed by atoms with Crippen LogP contribution in [0, 0.1) is 0 Å². The SMILES string of the molecule is CCCCCCCCCc1cnc(-c2ccc(OCC(F)CCCC(F)CCC)cc2)nc1. The molecule has 0 spiro atoms. The van der Waals surface area contributed by atoms with E-state index in [2.05, 4.69) is 16.9 Å². The molecule has 1 aromatic carbocycles. The molecule has 0 saturated carbocycles. The molecule has 0 aliphatic carbocycles. The number of aryl methyl sites for hydroxylation is 1. The van der Waals surface area contributed by atoms with Crippen molar-refractivity contribution in [2.24, 2.45) is 0 Å². The van der Waals surface area contributed by atoms with Crippen molar-refractivity contribution in [3.05, 3.63) is 42.2 Å². The number of unbranched alkanes of at least 4 members (excludes halogenated alkanes) is 6. The van der Waals surface area contributed by atoms with Gasteiger partial charge in [-0.25, -0.2) is 18.7 Å². The number of benzene rings is 1. The van der Waals surface area contributed by atoms with Crippen molar-refractivity contribution >= 4 is 0 Å². The predicted molar refractivity (Wildman–Crippen MR) is 133 cm³/mol. The molecule has 2 aromatic rings. The summed E-state index contributed by atoms with van der Waals surface area (Å²) in [6.07, 6.45) is 14.8. The van der Waals surface area contributed by atoms with Crippen LogP contribution in [0.1, 0.15) is 96.5 Å². The summed E-state index contributed by atoms with van der Waals surface area (Å²) in [5, 5.41) is 0. The van der Waals surface area contributed by atoms with Gasteiger partial charge in [0.05, 0.1) is 0 Å². The van der Waals surface area contributed by atoms with Crippen molar-refractivity contribution < 1.29 is 13.5 Å². The summed E-state index contributed by atoms with van der Waals surface area (Å²) in [5.41, 5.74) is 2.08. The standard InChI is InChI=1S/C28H42F2N2O/c1-3-5-6-7-8-9-10-13-23-20-31-28(32-21-23)24-16-18-27(19-17-24)33-22-26(30)15-11-14-25(29)12-4-2/h16-21,25-26H,3-15,22H2,1-2H3. The summed E-state index contributed by atoms with van der Waals surface area (Å²) in [5.74, 6) is 1.30. The van der Waals surface area contributed by atoms with Crippen LogP contribution < -0.4 is 4.74 Å². The van der Waals surface area contributed by atoms with Crippen molar-refractivity contribution in [2.45, 2.75) is 110 Å². The van der Waals surface area contributed by atoms with Gasteiger partial charge in [-0.3, -0.25) is 0 Å². The third kappa shape index (κ3) is 11.6. The first kappa shape index (κ1) is 27.2. The molecule has 0 N–H and O–H groups in total. The highest BCUT2D eigenvalue weighted by atomic mass is 19.1. The van der Waals surface area contributed by atoms with Gasteiger partial charge in [-0.05, 0) is 68.4 Å². The summed E-state index contributed by atoms with van der Waals surface area (Å²) in [7, 11) is 0. The van der Waals surface area contributed by atoms with E-state index in [-0.39, 0.29) is 6.61 Å². The number of halogens is 2. The van der Waals surface area contributed by atoms with Crippen molar-refractivity contribution in [2.75, 3.05) is 6.61 Å². The zero-order valence-electron chi connectivity index (χ0n) is 20.6. The first-order valence-electron chi connectivity index (χ1n) is 12.9. The number of hydrogen-bond donors (Lipinski definition) is 0. The highest BCUT2D eigenvalue weighted by molar-refractivity contribution is 5.55. The fourth-order valence-corrected chi connectivity index (χ4v) is 3.91. The number of hydrogen-bond acceptors (Lipinski definition) is 3. The van der Waals surface area contributed by atoms with Crippen LogP contribution in [-0.2, 0) is 6.42 Å². The number of nitrogens with zero attached hydrogens (tertiary/aromatic N) is 2. The van der Waals surface area contributed by atoms with Gasteiger partial charge >= 0.3 is 0 Å². The van der Waals surface area contributed by atoms with Crippen molar-refractivity contribution in [1.82, 2.24) is 9.97 Å². The Bertz CT molecular complexity index is 737. The quantitative estimate of drug-likeness (QED) is 0.209. The molecule has 0 fully saturated rings. The maximum atomic E-state index is 14.0. The normalized spacial score (nSPS) is 13.1. The van der Waals surface area contributed by atoms with Gasteiger partial charge in [-0.15, -0.1) is 0 Å². The van der Waals surface area contributed by atoms with Crippen molar-refractivity contribution in [3.8, 4) is 17.1 Å². The molecule has 33 heavy (non-hydrogen) atoms. The van der Waals surface area contributed by atoms with E-state index in [0.717, 1.165) is 18.4 Å². The number of ether oxygens (including phenoxy) is 1. The molecule has 0 amide bonds. The van der Waals surface area contributed by atoms with E-state index in [9.17, 15) is 8.78 Å². The number of alkyl halides is 2. The van der Waals surface area contributed by atoms with E-state index >= 15 is 0 Å². The van der Waals surface area contributed by atoms with Crippen LogP contribution in [0.4, 0.5) is 8.78 Å². The topological polar surface area (TPSA) is 35.0 Å². The zero-order valence-corrected chi connectivity index (χ0v) is 20.6. The largest absolute Gasteiger partial charge is 0.491 e. The zero-order chi connectivity index (χ0) is 23.7. The number of aromatic nitrogens is 2. The first-order chi connectivity index (χ1) is 16.1. The third-order valence-electron chi connectivity index (χ3n) is 5.95. The molecule has 0 bridgehead atoms. The van der Waals surface area contributed by atoms with E-state index in [1.807, 2.05) is 43.6 Å². The molecule has 5 heteroatoms. The predicted octanol–water partition coefficient (Wildman–Crippen LogP) is 8.46. The Morgan fingerprint density at radius 2 is 1.36 bits per heavy atom. The Morgan fingerprint density at radius 3 is 2.03 bits per heavy atom. The minimum atomic E-state index is -1.08. The molecule has 0 aliphatic heterocycles. The summed E-state index contributed by atoms with van der Waals surface area (Å²) >= 11 is 0. The molecule has 2 rings (SSSR count). The molecule has 0 radical (unpaired) electrons. The molecule has 0 saturated heterocycles. The van der Waals surface area contributed by atoms with Crippen molar-refractivity contribution in [1.29, 1.82) is 0 Å². The van der Waals surface area contributed by atoms with E-state index < -0.39 is 12.3 Å². The van der Waals surface area contributed by atoms with Gasteiger partial charge in [0.2, 0.25) is 0 Å². The monoisotopic (exact) mass is 460 g/mol. The molecule has 0 aliphatic rings. The lowest BCUT2D eigenvalue weighted by Crippen LogP contribution is -2.13. The number of rotatable bonds is 18. The summed E-state index contributed by atoms with van der Waals surface area (Å²) < 4.78 is 33.0. The minimum absolute atomic E-state index is 0.00607. The summed E-state index contributed by atoms with van der Waals surface area (Å²) in [6.45, 7) is 4.20. The Hall–Kier alpha value is -2.04. The van der Waals surface area contributed by atoms with Crippen LogP contribution in [0.25, 0.3) is 11.4 Å². The molecule has 1 aromatic heterocycles. The van der Waals surface area contributed by atoms with Crippen LogP contribution in [0.2, 0.25) is 0 Å². The summed E-state index contributed by atoms with van der Waals surface area (Å²) in [4.78, 5) is 9.02. The van der Waals surface area contributed by atoms with Crippen LogP contribution in [-0.4, -0.2) is 28.9 Å². The van der Waals surface area contributed by atoms with E-state index in [0.29, 0.717) is 37.3 Å². The Morgan fingerprint density at radius 1 is 0.727 bits per heavy atom. The Kier molecular flexibility index (Phi) is 13.6. The van der Waals surface area contributed by atoms with Crippen LogP contribution >= 0.6 is 0 Å². The molecular formula is C28H42F2N2O. The van der Waals surface area contributed by atoms with Gasteiger partial charge < -0.3 is 4.74 Å². The molecule has 3 nitrogen and oxygen atoms in total. The van der Waals surface area contributed by atoms with Crippen LogP contribution in [0.3, 0.4) is 0 Å². The Labute approximate surface area is 199 Å². The van der Waals surface area contributed by atoms with Gasteiger partial charge in [0, 0.05) is 18.0 Å². The maximum Gasteiger partial charge on any atom is 0.159 e. The smallest absolute Gasteiger partial charge is 0.159 e. The fraction of sp³-hybridized carbons (Fsp3) is 0.643. The van der Waals surface area contributed by atoms with Crippen LogP contribution in [0.5, 0.6) is 5.75 Å². The van der Waals surface area contributed by atoms with Gasteiger partial charge in [-0.1, -0.05) is 58.8 Å². The minimum Gasteiger partial charge on any atom is -0.491 e. The van der Waals surface area contributed by atoms with Gasteiger partial charge in [0.25, 0.3) is 0 Å². The third-order valence-corrected chi connectivity index (χ3v) is 5.95. The summed E-state index contributed by atoms with van der Waals surface area (Å²) in [6, 6.07) is 7.42. The first-order valence-corrected chi connectivity index (χ1v) is 12.9. The molecule has 2 atom stereocenters. The molecule has 2 unspecified atom stereocenters. The highest BCUT2D eigenvalue weighted by Gasteiger charge is 2.11. The second-order valence-electron chi connectivity index (χ2n) is 9.04. The lowest BCUT2D eigenvalue weighted by atomic mass is 10.1. The van der Waals surface area contributed by atoms with Gasteiger partial charge in [0.1, 0.15) is 24.7 Å². The molecular weight excluding hydrogens is 418 g/mol. The van der Waals surface area contributed by atoms with Gasteiger partial charge in [-0.2, -0.15) is 0 Å². The lowest BCUT2D eigenvalue weighted by Gasteiger charge is -2.12. The fourth-order valence-electron chi connectivity index (χ4n) is 3.91. The molecule has 184 valence electrons. The maximum absolute atomic E-state index is 14.0. The highest BCUT2D eigenvalue weighted by Crippen LogP contribution is 2.21. The lowest BCUT2D eigenvalue weighted by molar-refractivity contribution is 0.178. The Balaban J connectivity index is 1.68. The average molecular weight is 461 g/mol.